The van der Waals surface area contributed by atoms with Crippen molar-refractivity contribution in [2.45, 2.75) is 12.3 Å². The lowest BCUT2D eigenvalue weighted by molar-refractivity contribution is -0.326. The van der Waals surface area contributed by atoms with Crippen LogP contribution in [0.15, 0.2) is 16.6 Å². The molecule has 0 bridgehead atoms. The molecule has 0 aliphatic heterocycles. The molecule has 3 N–H and O–H groups in total. The zero-order valence-corrected chi connectivity index (χ0v) is 9.38. The molecule has 0 amide bonds. The van der Waals surface area contributed by atoms with E-state index in [0.717, 1.165) is 6.07 Å². The van der Waals surface area contributed by atoms with E-state index in [9.17, 15) is 17.6 Å². The van der Waals surface area contributed by atoms with Gasteiger partial charge in [0.2, 0.25) is 0 Å². The SMILES string of the molecule is OC(O)(O)c1c(Br)ccc(OC(F)(F)F)c1F. The third-order valence-corrected chi connectivity index (χ3v) is 2.28. The molecule has 0 aliphatic carbocycles. The molecule has 0 spiro atoms. The molecule has 1 rings (SSSR count). The molecule has 1 aromatic carbocycles. The number of hydrogen-bond acceptors (Lipinski definition) is 4. The fourth-order valence-electron chi connectivity index (χ4n) is 1.04. The van der Waals surface area contributed by atoms with E-state index in [1.807, 2.05) is 0 Å². The van der Waals surface area contributed by atoms with Crippen LogP contribution in [-0.4, -0.2) is 21.7 Å². The van der Waals surface area contributed by atoms with Crippen molar-refractivity contribution in [2.75, 3.05) is 0 Å². The number of ether oxygens (including phenoxy) is 1. The number of hydrogen-bond donors (Lipinski definition) is 3. The fraction of sp³-hybridized carbons (Fsp3) is 0.250. The molecule has 0 heterocycles. The summed E-state index contributed by atoms with van der Waals surface area (Å²) in [5.74, 6) is -6.67. The molecule has 0 atom stereocenters. The molecule has 0 fully saturated rings. The average molecular weight is 321 g/mol. The number of aliphatic hydroxyl groups is 3. The molecule has 0 saturated heterocycles. The van der Waals surface area contributed by atoms with Gasteiger partial charge in [0, 0.05) is 4.47 Å². The minimum Gasteiger partial charge on any atom is -0.403 e. The zero-order valence-electron chi connectivity index (χ0n) is 7.79. The summed E-state index contributed by atoms with van der Waals surface area (Å²) in [6.07, 6.45) is -5.14. The smallest absolute Gasteiger partial charge is 0.403 e. The van der Waals surface area contributed by atoms with E-state index < -0.39 is 29.5 Å². The van der Waals surface area contributed by atoms with Gasteiger partial charge < -0.3 is 20.1 Å². The van der Waals surface area contributed by atoms with Crippen molar-refractivity contribution in [1.82, 2.24) is 0 Å². The van der Waals surface area contributed by atoms with Crippen LogP contribution in [0.4, 0.5) is 17.6 Å². The Balaban J connectivity index is 3.30. The van der Waals surface area contributed by atoms with Crippen LogP contribution in [0.1, 0.15) is 5.56 Å². The molecule has 17 heavy (non-hydrogen) atoms. The molecule has 0 radical (unpaired) electrons. The predicted molar refractivity (Wildman–Crippen MR) is 49.1 cm³/mol. The first-order chi connectivity index (χ1) is 7.52. The van der Waals surface area contributed by atoms with Crippen molar-refractivity contribution in [3.63, 3.8) is 0 Å². The third-order valence-electron chi connectivity index (χ3n) is 1.62. The molecule has 9 heteroatoms. The number of benzene rings is 1. The highest BCUT2D eigenvalue weighted by Crippen LogP contribution is 2.35. The normalized spacial score (nSPS) is 12.7. The van der Waals surface area contributed by atoms with Gasteiger partial charge in [-0.15, -0.1) is 13.2 Å². The summed E-state index contributed by atoms with van der Waals surface area (Å²) >= 11 is 2.64. The lowest BCUT2D eigenvalue weighted by Gasteiger charge is -2.19. The highest BCUT2D eigenvalue weighted by atomic mass is 79.9. The highest BCUT2D eigenvalue weighted by molar-refractivity contribution is 9.10. The van der Waals surface area contributed by atoms with Gasteiger partial charge in [-0.25, -0.2) is 4.39 Å². The van der Waals surface area contributed by atoms with Crippen molar-refractivity contribution in [3.05, 3.63) is 28.0 Å². The van der Waals surface area contributed by atoms with Crippen LogP contribution >= 0.6 is 15.9 Å². The molecule has 0 unspecified atom stereocenters. The Labute approximate surface area is 100 Å². The molecule has 1 aromatic rings. The van der Waals surface area contributed by atoms with Gasteiger partial charge in [0.15, 0.2) is 11.6 Å². The zero-order chi connectivity index (χ0) is 13.4. The van der Waals surface area contributed by atoms with E-state index in [1.165, 1.54) is 0 Å². The van der Waals surface area contributed by atoms with E-state index in [0.29, 0.717) is 6.07 Å². The number of alkyl halides is 3. The van der Waals surface area contributed by atoms with E-state index in [-0.39, 0.29) is 4.47 Å². The summed E-state index contributed by atoms with van der Waals surface area (Å²) < 4.78 is 52.0. The quantitative estimate of drug-likeness (QED) is 0.571. The first kappa shape index (κ1) is 14.2. The molecule has 0 saturated carbocycles. The molecule has 0 aromatic heterocycles. The maximum absolute atomic E-state index is 13.4. The summed E-state index contributed by atoms with van der Waals surface area (Å²) in [5, 5.41) is 26.3. The number of halogens is 5. The third kappa shape index (κ3) is 3.53. The van der Waals surface area contributed by atoms with Gasteiger partial charge in [0.1, 0.15) is 0 Å². The average Bonchev–Trinajstić information content (AvgIpc) is 2.06. The van der Waals surface area contributed by atoms with Crippen molar-refractivity contribution >= 4 is 15.9 Å². The van der Waals surface area contributed by atoms with Crippen LogP contribution in [0.5, 0.6) is 5.75 Å². The van der Waals surface area contributed by atoms with Crippen molar-refractivity contribution in [2.24, 2.45) is 0 Å². The van der Waals surface area contributed by atoms with Gasteiger partial charge in [0.25, 0.3) is 0 Å². The van der Waals surface area contributed by atoms with Gasteiger partial charge in [0.05, 0.1) is 5.56 Å². The molecule has 4 nitrogen and oxygen atoms in total. The maximum Gasteiger partial charge on any atom is 0.573 e. The second-order valence-corrected chi connectivity index (χ2v) is 3.77. The number of rotatable bonds is 2. The van der Waals surface area contributed by atoms with Crippen LogP contribution in [0.2, 0.25) is 0 Å². The van der Waals surface area contributed by atoms with Crippen molar-refractivity contribution in [3.8, 4) is 5.75 Å². The van der Waals surface area contributed by atoms with E-state index in [2.05, 4.69) is 20.7 Å². The summed E-state index contributed by atoms with van der Waals surface area (Å²) in [6.45, 7) is 0. The van der Waals surface area contributed by atoms with Gasteiger partial charge in [-0.1, -0.05) is 15.9 Å². The topological polar surface area (TPSA) is 69.9 Å². The monoisotopic (exact) mass is 320 g/mol. The summed E-state index contributed by atoms with van der Waals surface area (Å²) in [4.78, 5) is 0. The standard InChI is InChI=1S/C8H5BrF4O4/c9-3-1-2-4(17-8(11,12)13)6(10)5(3)7(14,15)16/h1-2,14-16H. The Kier molecular flexibility index (Phi) is 3.67. The fourth-order valence-corrected chi connectivity index (χ4v) is 1.62. The van der Waals surface area contributed by atoms with Crippen molar-refractivity contribution < 1.29 is 37.6 Å². The minimum absolute atomic E-state index is 0.336. The molecule has 0 aliphatic rings. The Bertz CT molecular complexity index is 427. The van der Waals surface area contributed by atoms with Gasteiger partial charge in [-0.2, -0.15) is 0 Å². The van der Waals surface area contributed by atoms with Gasteiger partial charge >= 0.3 is 12.3 Å². The molecular formula is C8H5BrF4O4. The van der Waals surface area contributed by atoms with Gasteiger partial charge in [-0.05, 0) is 12.1 Å². The summed E-state index contributed by atoms with van der Waals surface area (Å²) in [7, 11) is 0. The first-order valence-electron chi connectivity index (χ1n) is 3.93. The van der Waals surface area contributed by atoms with Gasteiger partial charge in [-0.3, -0.25) is 0 Å². The lowest BCUT2D eigenvalue weighted by Crippen LogP contribution is -2.27. The van der Waals surface area contributed by atoms with Crippen LogP contribution in [0.3, 0.4) is 0 Å². The Morgan fingerprint density at radius 2 is 1.65 bits per heavy atom. The van der Waals surface area contributed by atoms with Crippen LogP contribution < -0.4 is 4.74 Å². The minimum atomic E-state index is -5.14. The van der Waals surface area contributed by atoms with E-state index >= 15 is 0 Å². The maximum atomic E-state index is 13.4. The first-order valence-corrected chi connectivity index (χ1v) is 4.73. The van der Waals surface area contributed by atoms with E-state index in [1.54, 1.807) is 0 Å². The summed E-state index contributed by atoms with van der Waals surface area (Å²) in [5.41, 5.74) is -1.18. The Morgan fingerprint density at radius 3 is 2.06 bits per heavy atom. The lowest BCUT2D eigenvalue weighted by atomic mass is 10.1. The Morgan fingerprint density at radius 1 is 1.12 bits per heavy atom. The van der Waals surface area contributed by atoms with E-state index in [4.69, 9.17) is 15.3 Å². The second kappa shape index (κ2) is 4.41. The Hall–Kier alpha value is -0.900. The highest BCUT2D eigenvalue weighted by Gasteiger charge is 2.36. The largest absolute Gasteiger partial charge is 0.573 e. The van der Waals surface area contributed by atoms with Crippen molar-refractivity contribution in [1.29, 1.82) is 0 Å². The predicted octanol–water partition coefficient (Wildman–Crippen LogP) is 1.57. The summed E-state index contributed by atoms with van der Waals surface area (Å²) in [6, 6.07) is 1.47. The van der Waals surface area contributed by atoms with Crippen LogP contribution in [-0.2, 0) is 5.97 Å². The second-order valence-electron chi connectivity index (χ2n) is 2.92. The molecule has 96 valence electrons. The van der Waals surface area contributed by atoms with Crippen LogP contribution in [0.25, 0.3) is 0 Å². The molecular weight excluding hydrogens is 316 g/mol. The van der Waals surface area contributed by atoms with Crippen LogP contribution in [0, 0.1) is 5.82 Å².